The number of aliphatic carboxylic acids is 2. The fraction of sp³-hybridized carbons (Fsp3) is 0.786. The van der Waals surface area contributed by atoms with Gasteiger partial charge in [-0.05, 0) is 0 Å². The first-order valence-corrected chi connectivity index (χ1v) is 11.5. The fourth-order valence-electron chi connectivity index (χ4n) is 1.50. The Kier molecular flexibility index (Phi) is 17.6. The summed E-state index contributed by atoms with van der Waals surface area (Å²) in [6.45, 7) is 3.17. The maximum Gasteiger partial charge on any atom is 0.317 e. The number of carbonyl (C=O) groups is 3. The molecule has 0 aliphatic rings. The van der Waals surface area contributed by atoms with Crippen molar-refractivity contribution in [2.45, 2.75) is 48.4 Å². The van der Waals surface area contributed by atoms with Crippen LogP contribution in [0.1, 0.15) is 39.5 Å². The summed E-state index contributed by atoms with van der Waals surface area (Å²) in [5.41, 5.74) is 4.78. The van der Waals surface area contributed by atoms with Gasteiger partial charge in [0.2, 0.25) is 5.91 Å². The number of amides is 1. The first-order valence-electron chi connectivity index (χ1n) is 7.48. The first kappa shape index (κ1) is 23.4. The van der Waals surface area contributed by atoms with E-state index in [4.69, 9.17) is 15.9 Å². The van der Waals surface area contributed by atoms with Gasteiger partial charge in [0.25, 0.3) is 0 Å². The van der Waals surface area contributed by atoms with Crippen LogP contribution in [0.3, 0.4) is 0 Å². The van der Waals surface area contributed by atoms with Gasteiger partial charge in [0, 0.05) is 0 Å². The van der Waals surface area contributed by atoms with Crippen LogP contribution in [0.15, 0.2) is 0 Å². The average Bonchev–Trinajstić information content (AvgIpc) is 2.37. The largest absolute Gasteiger partial charge is 0.480 e. The van der Waals surface area contributed by atoms with Crippen molar-refractivity contribution in [1.82, 2.24) is 4.90 Å². The molecule has 2 radical (unpaired) electrons. The van der Waals surface area contributed by atoms with Crippen molar-refractivity contribution in [3.63, 3.8) is 0 Å². The molecule has 0 aromatic heterocycles. The minimum Gasteiger partial charge on any atom is -0.480 e. The van der Waals surface area contributed by atoms with E-state index >= 15 is 0 Å². The van der Waals surface area contributed by atoms with Gasteiger partial charge in [0.15, 0.2) is 0 Å². The molecule has 0 aliphatic carbocycles. The van der Waals surface area contributed by atoms with Crippen LogP contribution in [0.25, 0.3) is 0 Å². The Bertz CT molecular complexity index is 282. The number of unbranched alkanes of at least 4 members (excludes halogenated alkanes) is 2. The maximum absolute atomic E-state index is 10.4. The molecule has 4 N–H and O–H groups in total. The number of carboxylic acid groups (broad SMARTS) is 2. The average molecular weight is 423 g/mol. The minimum absolute atomic E-state index is 0.149. The van der Waals surface area contributed by atoms with Crippen molar-refractivity contribution in [1.29, 1.82) is 0 Å². The van der Waals surface area contributed by atoms with Gasteiger partial charge in [-0.1, -0.05) is 0 Å². The number of rotatable bonds is 12. The standard InChI is InChI=1S/C6H10N2O5.2C4H9.Sn/c7-4(9)1-8(2-5(10)11)3-6(12)13;2*1-3-4-2;/h1-3H2,(H2,7,9)(H,10,11)(H,12,13);2*1,3-4H2,2H3;. The van der Waals surface area contributed by atoms with Gasteiger partial charge in [-0.25, -0.2) is 0 Å². The van der Waals surface area contributed by atoms with Gasteiger partial charge < -0.3 is 15.9 Å². The van der Waals surface area contributed by atoms with Crippen LogP contribution in [-0.2, 0) is 14.4 Å². The molecule has 0 fully saturated rings. The van der Waals surface area contributed by atoms with Crippen molar-refractivity contribution in [2.75, 3.05) is 19.6 Å². The smallest absolute Gasteiger partial charge is 0.317 e. The van der Waals surface area contributed by atoms with Crippen molar-refractivity contribution >= 4 is 39.0 Å². The van der Waals surface area contributed by atoms with E-state index in [0.717, 1.165) is 4.90 Å². The molecule has 0 atom stereocenters. The predicted molar refractivity (Wildman–Crippen MR) is 86.1 cm³/mol. The Hall–Kier alpha value is -0.831. The van der Waals surface area contributed by atoms with Crippen LogP contribution >= 0.6 is 0 Å². The van der Waals surface area contributed by atoms with Crippen LogP contribution in [0, 0.1) is 0 Å². The number of hydrogen-bond donors (Lipinski definition) is 3. The summed E-state index contributed by atoms with van der Waals surface area (Å²) >= 11 is 0.149. The second-order valence-electron chi connectivity index (χ2n) is 4.86. The Labute approximate surface area is 142 Å². The van der Waals surface area contributed by atoms with Crippen molar-refractivity contribution in [3.05, 3.63) is 0 Å². The quantitative estimate of drug-likeness (QED) is 0.319. The number of primary amides is 1. The molecule has 22 heavy (non-hydrogen) atoms. The summed E-state index contributed by atoms with van der Waals surface area (Å²) in [5.74, 6) is -3.17. The zero-order chi connectivity index (χ0) is 17.4. The number of carbonyl (C=O) groups excluding carboxylic acids is 1. The normalized spacial score (nSPS) is 9.95. The molecule has 0 saturated heterocycles. The third-order valence-corrected chi connectivity index (χ3v) is 6.55. The van der Waals surface area contributed by atoms with Crippen LogP contribution in [0.2, 0.25) is 8.87 Å². The number of nitrogens with two attached hydrogens (primary N) is 1. The molecule has 7 nitrogen and oxygen atoms in total. The second-order valence-corrected chi connectivity index (χ2v) is 9.14. The number of hydrogen-bond acceptors (Lipinski definition) is 4. The van der Waals surface area contributed by atoms with E-state index < -0.39 is 30.9 Å². The fourth-order valence-corrected chi connectivity index (χ4v) is 5.66. The predicted octanol–water partition coefficient (Wildman–Crippen LogP) is 1.07. The van der Waals surface area contributed by atoms with Gasteiger partial charge in [0.05, 0.1) is 19.6 Å². The van der Waals surface area contributed by atoms with E-state index in [0.29, 0.717) is 0 Å². The molecule has 0 unspecified atom stereocenters. The van der Waals surface area contributed by atoms with E-state index in [9.17, 15) is 14.4 Å². The summed E-state index contributed by atoms with van der Waals surface area (Å²) in [6.07, 6.45) is 5.84. The van der Waals surface area contributed by atoms with E-state index in [1.807, 2.05) is 0 Å². The Balaban J connectivity index is 0. The second kappa shape index (κ2) is 16.5. The monoisotopic (exact) mass is 424 g/mol. The molecule has 0 aliphatic heterocycles. The molecule has 0 aromatic rings. The molecule has 0 rings (SSSR count). The van der Waals surface area contributed by atoms with Crippen molar-refractivity contribution in [2.24, 2.45) is 5.73 Å². The first-order chi connectivity index (χ1) is 10.3. The van der Waals surface area contributed by atoms with Gasteiger partial charge in [0.1, 0.15) is 0 Å². The van der Waals surface area contributed by atoms with Gasteiger partial charge in [-0.15, -0.1) is 0 Å². The molecular formula is C14H28N2O5Sn. The van der Waals surface area contributed by atoms with E-state index in [2.05, 4.69) is 13.8 Å². The van der Waals surface area contributed by atoms with Gasteiger partial charge in [-0.3, -0.25) is 19.3 Å². The summed E-state index contributed by atoms with van der Waals surface area (Å²) in [6, 6.07) is 0. The molecule has 0 aromatic carbocycles. The Morgan fingerprint density at radius 3 is 1.59 bits per heavy atom. The molecule has 0 spiro atoms. The van der Waals surface area contributed by atoms with Crippen LogP contribution in [-0.4, -0.2) is 73.7 Å². The van der Waals surface area contributed by atoms with Crippen molar-refractivity contribution in [3.8, 4) is 0 Å². The summed E-state index contributed by atoms with van der Waals surface area (Å²) in [4.78, 5) is 31.7. The summed E-state index contributed by atoms with van der Waals surface area (Å²) in [7, 11) is 0. The number of carboxylic acids is 2. The SMILES string of the molecule is CCC[CH2][Sn][CH2]CCC.NC(=O)CN(CC(=O)O)CC(=O)O. The zero-order valence-electron chi connectivity index (χ0n) is 13.5. The third-order valence-electron chi connectivity index (χ3n) is 2.51. The van der Waals surface area contributed by atoms with E-state index in [1.54, 1.807) is 8.87 Å². The van der Waals surface area contributed by atoms with Gasteiger partial charge >= 0.3 is 81.5 Å². The van der Waals surface area contributed by atoms with Crippen LogP contribution < -0.4 is 5.73 Å². The maximum atomic E-state index is 10.4. The third kappa shape index (κ3) is 21.5. The summed E-state index contributed by atoms with van der Waals surface area (Å²) < 4.78 is 3.25. The zero-order valence-corrected chi connectivity index (χ0v) is 16.4. The Morgan fingerprint density at radius 2 is 1.32 bits per heavy atom. The summed E-state index contributed by atoms with van der Waals surface area (Å²) in [5, 5.41) is 16.6. The molecule has 0 heterocycles. The number of nitrogens with zero attached hydrogens (tertiary/aromatic N) is 1. The molecule has 128 valence electrons. The topological polar surface area (TPSA) is 121 Å². The van der Waals surface area contributed by atoms with E-state index in [-0.39, 0.29) is 27.7 Å². The molecule has 1 amide bonds. The minimum atomic E-state index is -1.21. The van der Waals surface area contributed by atoms with Crippen LogP contribution in [0.4, 0.5) is 0 Å². The van der Waals surface area contributed by atoms with E-state index in [1.165, 1.54) is 25.7 Å². The molecule has 0 saturated carbocycles. The molecular weight excluding hydrogens is 395 g/mol. The van der Waals surface area contributed by atoms with Crippen LogP contribution in [0.5, 0.6) is 0 Å². The van der Waals surface area contributed by atoms with Crippen molar-refractivity contribution < 1.29 is 24.6 Å². The van der Waals surface area contributed by atoms with Gasteiger partial charge in [-0.2, -0.15) is 0 Å². The Morgan fingerprint density at radius 1 is 0.909 bits per heavy atom. The molecule has 0 bridgehead atoms. The molecule has 8 heteroatoms.